The second kappa shape index (κ2) is 3.88. The van der Waals surface area contributed by atoms with Crippen molar-refractivity contribution >= 4 is 17.6 Å². The van der Waals surface area contributed by atoms with Crippen LogP contribution in [0.25, 0.3) is 0 Å². The summed E-state index contributed by atoms with van der Waals surface area (Å²) in [6.07, 6.45) is 5.12. The average Bonchev–Trinajstić information content (AvgIpc) is 3.05. The van der Waals surface area contributed by atoms with Crippen molar-refractivity contribution in [3.8, 4) is 0 Å². The lowest BCUT2D eigenvalue weighted by molar-refractivity contribution is 0.642. The number of aromatic amines is 1. The SMILES string of the molecule is Nc1cncc(Sc2n[nH]c(=O)n2C2CC2)n1. The van der Waals surface area contributed by atoms with Crippen molar-refractivity contribution in [2.75, 3.05) is 5.73 Å². The van der Waals surface area contributed by atoms with Gasteiger partial charge in [-0.15, -0.1) is 5.10 Å². The second-order valence-electron chi connectivity index (χ2n) is 3.80. The van der Waals surface area contributed by atoms with E-state index in [0.29, 0.717) is 16.0 Å². The molecule has 0 unspecified atom stereocenters. The molecule has 2 heterocycles. The molecule has 1 aliphatic carbocycles. The van der Waals surface area contributed by atoms with Gasteiger partial charge >= 0.3 is 5.69 Å². The maximum atomic E-state index is 11.5. The van der Waals surface area contributed by atoms with Crippen molar-refractivity contribution in [2.24, 2.45) is 0 Å². The fourth-order valence-electron chi connectivity index (χ4n) is 1.52. The molecule has 0 atom stereocenters. The topological polar surface area (TPSA) is 102 Å². The van der Waals surface area contributed by atoms with E-state index in [1.165, 1.54) is 18.0 Å². The van der Waals surface area contributed by atoms with E-state index in [-0.39, 0.29) is 11.7 Å². The van der Waals surface area contributed by atoms with Gasteiger partial charge in [0.2, 0.25) is 0 Å². The molecule has 0 aromatic carbocycles. The van der Waals surface area contributed by atoms with Gasteiger partial charge in [0.15, 0.2) is 5.16 Å². The smallest absolute Gasteiger partial charge is 0.344 e. The van der Waals surface area contributed by atoms with Crippen molar-refractivity contribution in [1.29, 1.82) is 0 Å². The molecule has 2 aromatic rings. The van der Waals surface area contributed by atoms with E-state index in [0.717, 1.165) is 12.8 Å². The van der Waals surface area contributed by atoms with Crippen LogP contribution in [-0.2, 0) is 0 Å². The van der Waals surface area contributed by atoms with E-state index < -0.39 is 0 Å². The normalized spacial score (nSPS) is 15.1. The van der Waals surface area contributed by atoms with Gasteiger partial charge in [-0.1, -0.05) is 0 Å². The maximum Gasteiger partial charge on any atom is 0.344 e. The predicted molar refractivity (Wildman–Crippen MR) is 61.7 cm³/mol. The molecule has 2 aromatic heterocycles. The number of nitrogens with two attached hydrogens (primary N) is 1. The van der Waals surface area contributed by atoms with E-state index >= 15 is 0 Å². The van der Waals surface area contributed by atoms with Gasteiger partial charge in [-0.3, -0.25) is 9.55 Å². The van der Waals surface area contributed by atoms with Crippen LogP contribution in [0.1, 0.15) is 18.9 Å². The van der Waals surface area contributed by atoms with Crippen molar-refractivity contribution in [3.05, 3.63) is 22.9 Å². The van der Waals surface area contributed by atoms with Crippen LogP contribution < -0.4 is 11.4 Å². The quantitative estimate of drug-likeness (QED) is 0.818. The van der Waals surface area contributed by atoms with Crippen molar-refractivity contribution in [1.82, 2.24) is 24.7 Å². The number of H-pyrrole nitrogens is 1. The number of nitrogens with one attached hydrogen (secondary N) is 1. The molecule has 88 valence electrons. The molecular weight excluding hydrogens is 240 g/mol. The summed E-state index contributed by atoms with van der Waals surface area (Å²) in [6, 6.07) is 0.276. The Kier molecular flexibility index (Phi) is 2.36. The highest BCUT2D eigenvalue weighted by molar-refractivity contribution is 7.99. The van der Waals surface area contributed by atoms with Gasteiger partial charge < -0.3 is 5.73 Å². The van der Waals surface area contributed by atoms with Crippen LogP contribution in [0.5, 0.6) is 0 Å². The molecular formula is C9H10N6OS. The minimum Gasteiger partial charge on any atom is -0.382 e. The Labute approximate surface area is 100 Å². The lowest BCUT2D eigenvalue weighted by Gasteiger charge is -2.02. The van der Waals surface area contributed by atoms with Gasteiger partial charge in [-0.25, -0.2) is 14.9 Å². The third-order valence-corrected chi connectivity index (χ3v) is 3.29. The molecule has 3 N–H and O–H groups in total. The van der Waals surface area contributed by atoms with E-state index in [4.69, 9.17) is 5.73 Å². The maximum absolute atomic E-state index is 11.5. The fourth-order valence-corrected chi connectivity index (χ4v) is 2.40. The third kappa shape index (κ3) is 2.03. The Morgan fingerprint density at radius 1 is 1.47 bits per heavy atom. The van der Waals surface area contributed by atoms with Gasteiger partial charge in [-0.2, -0.15) is 0 Å². The number of nitrogens with zero attached hydrogens (tertiary/aromatic N) is 4. The summed E-state index contributed by atoms with van der Waals surface area (Å²) >= 11 is 1.28. The standard InChI is InChI=1S/C9H10N6OS/c10-6-3-11-4-7(12-6)17-9-14-13-8(16)15(9)5-1-2-5/h3-5H,1-2H2,(H2,10,12)(H,13,16). The molecule has 0 aliphatic heterocycles. The lowest BCUT2D eigenvalue weighted by Crippen LogP contribution is -2.16. The molecule has 7 nitrogen and oxygen atoms in total. The molecule has 1 fully saturated rings. The van der Waals surface area contributed by atoms with Crippen molar-refractivity contribution < 1.29 is 0 Å². The Morgan fingerprint density at radius 3 is 3.00 bits per heavy atom. The van der Waals surface area contributed by atoms with Gasteiger partial charge in [0.1, 0.15) is 10.8 Å². The first-order valence-electron chi connectivity index (χ1n) is 5.16. The number of hydrogen-bond donors (Lipinski definition) is 2. The molecule has 0 amide bonds. The van der Waals surface area contributed by atoms with Crippen LogP contribution in [0.15, 0.2) is 27.4 Å². The monoisotopic (exact) mass is 250 g/mol. The number of nitrogen functional groups attached to an aromatic ring is 1. The Hall–Kier alpha value is -1.83. The van der Waals surface area contributed by atoms with E-state index in [1.807, 2.05) is 0 Å². The summed E-state index contributed by atoms with van der Waals surface area (Å²) in [5, 5.41) is 7.67. The zero-order valence-electron chi connectivity index (χ0n) is 8.83. The number of anilines is 1. The highest BCUT2D eigenvalue weighted by atomic mass is 32.2. The van der Waals surface area contributed by atoms with Crippen LogP contribution in [-0.4, -0.2) is 24.7 Å². The van der Waals surface area contributed by atoms with Gasteiger partial charge in [0.25, 0.3) is 0 Å². The molecule has 1 saturated carbocycles. The first-order chi connectivity index (χ1) is 8.24. The molecule has 1 aliphatic rings. The highest BCUT2D eigenvalue weighted by Crippen LogP contribution is 2.37. The van der Waals surface area contributed by atoms with Crippen LogP contribution in [0.2, 0.25) is 0 Å². The average molecular weight is 250 g/mol. The van der Waals surface area contributed by atoms with Crippen LogP contribution in [0.3, 0.4) is 0 Å². The van der Waals surface area contributed by atoms with Crippen LogP contribution in [0, 0.1) is 0 Å². The first kappa shape index (κ1) is 10.3. The molecule has 3 rings (SSSR count). The number of rotatable bonds is 3. The summed E-state index contributed by atoms with van der Waals surface area (Å²) in [7, 11) is 0. The van der Waals surface area contributed by atoms with Crippen LogP contribution in [0.4, 0.5) is 5.82 Å². The molecule has 8 heteroatoms. The van der Waals surface area contributed by atoms with E-state index in [9.17, 15) is 4.79 Å². The van der Waals surface area contributed by atoms with Gasteiger partial charge in [0, 0.05) is 6.04 Å². The summed E-state index contributed by atoms with van der Waals surface area (Å²) in [5.41, 5.74) is 5.37. The zero-order valence-corrected chi connectivity index (χ0v) is 9.65. The Balaban J connectivity index is 1.92. The van der Waals surface area contributed by atoms with Crippen LogP contribution >= 0.6 is 11.8 Å². The van der Waals surface area contributed by atoms with E-state index in [1.54, 1.807) is 10.8 Å². The largest absolute Gasteiger partial charge is 0.382 e. The fraction of sp³-hybridized carbons (Fsp3) is 0.333. The minimum atomic E-state index is -0.174. The minimum absolute atomic E-state index is 0.174. The Morgan fingerprint density at radius 2 is 2.29 bits per heavy atom. The lowest BCUT2D eigenvalue weighted by atomic mass is 10.7. The van der Waals surface area contributed by atoms with Gasteiger partial charge in [-0.05, 0) is 24.6 Å². The van der Waals surface area contributed by atoms with Gasteiger partial charge in [0.05, 0.1) is 12.4 Å². The third-order valence-electron chi connectivity index (χ3n) is 2.41. The number of aromatic nitrogens is 5. The predicted octanol–water partition coefficient (Wildman–Crippen LogP) is 0.430. The molecule has 0 bridgehead atoms. The molecule has 17 heavy (non-hydrogen) atoms. The van der Waals surface area contributed by atoms with Crippen molar-refractivity contribution in [3.63, 3.8) is 0 Å². The second-order valence-corrected chi connectivity index (χ2v) is 4.78. The summed E-state index contributed by atoms with van der Waals surface area (Å²) in [5.74, 6) is 0.353. The summed E-state index contributed by atoms with van der Waals surface area (Å²) < 4.78 is 1.66. The molecule has 0 spiro atoms. The molecule has 0 saturated heterocycles. The Bertz CT molecular complexity index is 602. The first-order valence-corrected chi connectivity index (χ1v) is 5.98. The summed E-state index contributed by atoms with van der Waals surface area (Å²) in [6.45, 7) is 0. The zero-order chi connectivity index (χ0) is 11.8. The molecule has 0 radical (unpaired) electrons. The number of hydrogen-bond acceptors (Lipinski definition) is 6. The van der Waals surface area contributed by atoms with E-state index in [2.05, 4.69) is 20.2 Å². The highest BCUT2D eigenvalue weighted by Gasteiger charge is 2.28. The van der Waals surface area contributed by atoms with Crippen molar-refractivity contribution in [2.45, 2.75) is 29.1 Å². The summed E-state index contributed by atoms with van der Waals surface area (Å²) in [4.78, 5) is 19.6.